The molecule has 0 aliphatic rings. The lowest BCUT2D eigenvalue weighted by Crippen LogP contribution is -2.20. The first-order valence-electron chi connectivity index (χ1n) is 9.43. The molecule has 3 rings (SSSR count). The fourth-order valence-corrected chi connectivity index (χ4v) is 3.48. The summed E-state index contributed by atoms with van der Waals surface area (Å²) in [5, 5.41) is 11.2. The molecule has 2 aromatic carbocycles. The van der Waals surface area contributed by atoms with E-state index in [2.05, 4.69) is 31.5 Å². The van der Waals surface area contributed by atoms with Gasteiger partial charge in [-0.25, -0.2) is 0 Å². The van der Waals surface area contributed by atoms with Crippen molar-refractivity contribution in [2.45, 2.75) is 27.3 Å². The van der Waals surface area contributed by atoms with Gasteiger partial charge >= 0.3 is 0 Å². The van der Waals surface area contributed by atoms with Crippen molar-refractivity contribution >= 4 is 33.4 Å². The first kappa shape index (κ1) is 21.6. The number of hydrogen-bond acceptors (Lipinski definition) is 4. The van der Waals surface area contributed by atoms with Crippen LogP contribution in [0.2, 0.25) is 0 Å². The number of carbonyl (C=O) groups is 1. The molecule has 1 aromatic heterocycles. The second kappa shape index (κ2) is 9.58. The molecule has 0 saturated carbocycles. The maximum absolute atomic E-state index is 12.1. The van der Waals surface area contributed by atoms with Crippen LogP contribution in [0, 0.1) is 20.8 Å². The molecule has 3 N–H and O–H groups in total. The van der Waals surface area contributed by atoms with Gasteiger partial charge in [-0.2, -0.15) is 5.10 Å². The number of benzene rings is 2. The Morgan fingerprint density at radius 3 is 2.70 bits per heavy atom. The summed E-state index contributed by atoms with van der Waals surface area (Å²) in [6.07, 6.45) is 0. The van der Waals surface area contributed by atoms with E-state index in [4.69, 9.17) is 10.6 Å². The topological polar surface area (TPSA) is 94.5 Å². The van der Waals surface area contributed by atoms with Crippen LogP contribution in [0.5, 0.6) is 0 Å². The summed E-state index contributed by atoms with van der Waals surface area (Å²) < 4.78 is 2.89. The van der Waals surface area contributed by atoms with Gasteiger partial charge < -0.3 is 15.9 Å². The molecule has 156 valence electrons. The number of aryl methyl sites for hydroxylation is 3. The van der Waals surface area contributed by atoms with Crippen molar-refractivity contribution in [1.82, 2.24) is 9.78 Å². The summed E-state index contributed by atoms with van der Waals surface area (Å²) in [6, 6.07) is 15.3. The van der Waals surface area contributed by atoms with E-state index < -0.39 is 0 Å². The molecule has 0 aliphatic heterocycles. The van der Waals surface area contributed by atoms with Gasteiger partial charge in [-0.1, -0.05) is 39.3 Å². The van der Waals surface area contributed by atoms with E-state index in [9.17, 15) is 4.79 Å². The van der Waals surface area contributed by atoms with E-state index in [1.807, 2.05) is 74.0 Å². The molecule has 0 fully saturated rings. The number of nitrogens with one attached hydrogen (secondary N) is 1. The summed E-state index contributed by atoms with van der Waals surface area (Å²) in [4.78, 5) is 17.2. The fraction of sp³-hybridized carbons (Fsp3) is 0.227. The standard InChI is InChI=1S/C22H24BrN5O2/c1-14-9-19(23)7-8-20(14)25-21(29)13-30-27-22(24)18-6-4-5-17(11-18)12-28-16(3)10-15(2)26-28/h4-11H,12-13H2,1-3H3,(H2,24,27)(H,25,29). The molecule has 1 amide bonds. The predicted octanol–water partition coefficient (Wildman–Crippen LogP) is 3.89. The third kappa shape index (κ3) is 5.70. The average Bonchev–Trinajstić information content (AvgIpc) is 3.01. The quantitative estimate of drug-likeness (QED) is 0.311. The van der Waals surface area contributed by atoms with E-state index in [1.165, 1.54) is 0 Å². The summed E-state index contributed by atoms with van der Waals surface area (Å²) >= 11 is 3.40. The molecular weight excluding hydrogens is 446 g/mol. The smallest absolute Gasteiger partial charge is 0.265 e. The Labute approximate surface area is 184 Å². The lowest BCUT2D eigenvalue weighted by Gasteiger charge is -2.09. The van der Waals surface area contributed by atoms with E-state index >= 15 is 0 Å². The van der Waals surface area contributed by atoms with Gasteiger partial charge in [0.05, 0.1) is 12.2 Å². The van der Waals surface area contributed by atoms with Crippen LogP contribution in [0.25, 0.3) is 0 Å². The number of hydrogen-bond donors (Lipinski definition) is 2. The van der Waals surface area contributed by atoms with Gasteiger partial charge in [-0.15, -0.1) is 0 Å². The zero-order valence-electron chi connectivity index (χ0n) is 17.1. The third-order valence-corrected chi connectivity index (χ3v) is 4.97. The monoisotopic (exact) mass is 469 g/mol. The Hall–Kier alpha value is -3.13. The molecule has 0 saturated heterocycles. The van der Waals surface area contributed by atoms with Crippen molar-refractivity contribution in [3.8, 4) is 0 Å². The lowest BCUT2D eigenvalue weighted by atomic mass is 10.1. The molecule has 1 heterocycles. The number of anilines is 1. The highest BCUT2D eigenvalue weighted by atomic mass is 79.9. The normalized spacial score (nSPS) is 11.4. The number of nitrogens with two attached hydrogens (primary N) is 1. The fourth-order valence-electron chi connectivity index (χ4n) is 3.00. The van der Waals surface area contributed by atoms with Gasteiger partial charge in [0.1, 0.15) is 0 Å². The SMILES string of the molecule is Cc1cc(C)n(Cc2cccc(/C(N)=N/OCC(=O)Nc3ccc(Br)cc3C)c2)n1. The third-order valence-electron chi connectivity index (χ3n) is 4.48. The first-order valence-corrected chi connectivity index (χ1v) is 10.2. The van der Waals surface area contributed by atoms with Crippen molar-refractivity contribution in [2.24, 2.45) is 10.9 Å². The highest BCUT2D eigenvalue weighted by Crippen LogP contribution is 2.19. The Morgan fingerprint density at radius 1 is 1.20 bits per heavy atom. The van der Waals surface area contributed by atoms with Crippen LogP contribution < -0.4 is 11.1 Å². The van der Waals surface area contributed by atoms with Crippen molar-refractivity contribution in [3.05, 3.63) is 81.1 Å². The molecule has 7 nitrogen and oxygen atoms in total. The Kier molecular flexibility index (Phi) is 6.89. The van der Waals surface area contributed by atoms with Crippen LogP contribution in [0.3, 0.4) is 0 Å². The van der Waals surface area contributed by atoms with Gasteiger partial charge in [-0.05, 0) is 62.2 Å². The molecule has 0 atom stereocenters. The maximum atomic E-state index is 12.1. The van der Waals surface area contributed by atoms with E-state index in [-0.39, 0.29) is 18.3 Å². The zero-order valence-corrected chi connectivity index (χ0v) is 18.7. The minimum Gasteiger partial charge on any atom is -0.384 e. The van der Waals surface area contributed by atoms with Gasteiger partial charge in [-0.3, -0.25) is 9.48 Å². The molecule has 30 heavy (non-hydrogen) atoms. The number of amidine groups is 1. The van der Waals surface area contributed by atoms with Crippen LogP contribution in [0.4, 0.5) is 5.69 Å². The van der Waals surface area contributed by atoms with Crippen LogP contribution >= 0.6 is 15.9 Å². The molecule has 0 unspecified atom stereocenters. The minimum atomic E-state index is -0.310. The van der Waals surface area contributed by atoms with Gasteiger partial charge in [0.15, 0.2) is 12.4 Å². The van der Waals surface area contributed by atoms with Gasteiger partial charge in [0, 0.05) is 21.4 Å². The second-order valence-corrected chi connectivity index (χ2v) is 7.96. The minimum absolute atomic E-state index is 0.206. The first-order chi connectivity index (χ1) is 14.3. The second-order valence-electron chi connectivity index (χ2n) is 7.04. The number of carbonyl (C=O) groups excluding carboxylic acids is 1. The molecule has 8 heteroatoms. The number of amides is 1. The van der Waals surface area contributed by atoms with Crippen LogP contribution in [-0.2, 0) is 16.2 Å². The largest absolute Gasteiger partial charge is 0.384 e. The highest BCUT2D eigenvalue weighted by molar-refractivity contribution is 9.10. The summed E-state index contributed by atoms with van der Waals surface area (Å²) in [5.74, 6) is -0.104. The summed E-state index contributed by atoms with van der Waals surface area (Å²) in [5.41, 5.74) is 11.5. The number of halogens is 1. The van der Waals surface area contributed by atoms with Crippen LogP contribution in [0.1, 0.15) is 28.1 Å². The van der Waals surface area contributed by atoms with E-state index in [0.717, 1.165) is 38.2 Å². The predicted molar refractivity (Wildman–Crippen MR) is 121 cm³/mol. The number of rotatable bonds is 7. The van der Waals surface area contributed by atoms with Gasteiger partial charge in [0.2, 0.25) is 0 Å². The van der Waals surface area contributed by atoms with Crippen LogP contribution in [-0.4, -0.2) is 28.1 Å². The van der Waals surface area contributed by atoms with Crippen molar-refractivity contribution < 1.29 is 9.63 Å². The summed E-state index contributed by atoms with van der Waals surface area (Å²) in [7, 11) is 0. The zero-order chi connectivity index (χ0) is 21.7. The molecule has 0 radical (unpaired) electrons. The number of nitrogens with zero attached hydrogens (tertiary/aromatic N) is 3. The van der Waals surface area contributed by atoms with Gasteiger partial charge in [0.25, 0.3) is 5.91 Å². The van der Waals surface area contributed by atoms with Crippen LogP contribution in [0.15, 0.2) is 58.2 Å². The van der Waals surface area contributed by atoms with Crippen molar-refractivity contribution in [3.63, 3.8) is 0 Å². The van der Waals surface area contributed by atoms with E-state index in [1.54, 1.807) is 0 Å². The Bertz CT molecular complexity index is 1090. The van der Waals surface area contributed by atoms with Crippen molar-refractivity contribution in [1.29, 1.82) is 0 Å². The summed E-state index contributed by atoms with van der Waals surface area (Å²) in [6.45, 7) is 6.30. The molecule has 0 bridgehead atoms. The Balaban J connectivity index is 1.58. The molecule has 3 aromatic rings. The highest BCUT2D eigenvalue weighted by Gasteiger charge is 2.08. The molecular formula is C22H24BrN5O2. The average molecular weight is 470 g/mol. The Morgan fingerprint density at radius 2 is 2.00 bits per heavy atom. The van der Waals surface area contributed by atoms with Crippen molar-refractivity contribution in [2.75, 3.05) is 11.9 Å². The number of aromatic nitrogens is 2. The maximum Gasteiger partial charge on any atom is 0.265 e. The molecule has 0 aliphatic carbocycles. The molecule has 0 spiro atoms. The lowest BCUT2D eigenvalue weighted by molar-refractivity contribution is -0.120. The number of oxime groups is 1. The van der Waals surface area contributed by atoms with E-state index in [0.29, 0.717) is 6.54 Å².